The normalized spacial score (nSPS) is 12.1. The predicted octanol–water partition coefficient (Wildman–Crippen LogP) is 2.11. The van der Waals surface area contributed by atoms with Gasteiger partial charge < -0.3 is 10.2 Å². The van der Waals surface area contributed by atoms with Gasteiger partial charge in [0, 0.05) is 49.8 Å². The standard InChI is InChI=1S/C16H26N6O/c1-4-20(12-15-11-18-21(5-2)13-15)16(23)19-14(3)7-10-22-9-6-8-17-22/h6,8-9,11,13-14H,4-5,7,10,12H2,1-3H3,(H,19,23)/t14-/m0/s1. The average molecular weight is 318 g/mol. The van der Waals surface area contributed by atoms with E-state index in [0.29, 0.717) is 13.1 Å². The van der Waals surface area contributed by atoms with Crippen LogP contribution in [0, 0.1) is 0 Å². The second-order valence-corrected chi connectivity index (χ2v) is 5.63. The zero-order valence-corrected chi connectivity index (χ0v) is 14.1. The molecule has 7 heteroatoms. The molecule has 0 spiro atoms. The van der Waals surface area contributed by atoms with E-state index in [0.717, 1.165) is 25.1 Å². The van der Waals surface area contributed by atoms with Gasteiger partial charge in [0.2, 0.25) is 0 Å². The molecule has 0 aliphatic carbocycles. The van der Waals surface area contributed by atoms with Crippen LogP contribution in [-0.4, -0.2) is 43.1 Å². The Labute approximate surface area is 137 Å². The van der Waals surface area contributed by atoms with Crippen molar-refractivity contribution in [2.75, 3.05) is 6.54 Å². The molecule has 0 saturated heterocycles. The van der Waals surface area contributed by atoms with E-state index in [1.54, 1.807) is 11.1 Å². The highest BCUT2D eigenvalue weighted by atomic mass is 16.2. The van der Waals surface area contributed by atoms with Crippen molar-refractivity contribution in [3.63, 3.8) is 0 Å². The van der Waals surface area contributed by atoms with Crippen molar-refractivity contribution < 1.29 is 4.79 Å². The molecule has 0 aliphatic rings. The van der Waals surface area contributed by atoms with Crippen molar-refractivity contribution in [1.29, 1.82) is 0 Å². The first kappa shape index (κ1) is 17.1. The van der Waals surface area contributed by atoms with E-state index in [2.05, 4.69) is 15.5 Å². The van der Waals surface area contributed by atoms with Crippen LogP contribution in [0.15, 0.2) is 30.9 Å². The maximum absolute atomic E-state index is 12.4. The topological polar surface area (TPSA) is 68.0 Å². The fraction of sp³-hybridized carbons (Fsp3) is 0.562. The third-order valence-corrected chi connectivity index (χ3v) is 3.77. The van der Waals surface area contributed by atoms with Gasteiger partial charge in [-0.2, -0.15) is 10.2 Å². The summed E-state index contributed by atoms with van der Waals surface area (Å²) in [5, 5.41) is 11.5. The molecule has 0 fully saturated rings. The monoisotopic (exact) mass is 318 g/mol. The summed E-state index contributed by atoms with van der Waals surface area (Å²) in [6.45, 7) is 8.92. The second kappa shape index (κ2) is 8.36. The van der Waals surface area contributed by atoms with E-state index in [4.69, 9.17) is 0 Å². The molecule has 126 valence electrons. The van der Waals surface area contributed by atoms with Crippen molar-refractivity contribution in [2.24, 2.45) is 0 Å². The molecule has 2 heterocycles. The van der Waals surface area contributed by atoms with Crippen molar-refractivity contribution in [2.45, 2.75) is 52.9 Å². The van der Waals surface area contributed by atoms with Crippen LogP contribution in [0.2, 0.25) is 0 Å². The Kier molecular flexibility index (Phi) is 6.19. The van der Waals surface area contributed by atoms with E-state index < -0.39 is 0 Å². The quantitative estimate of drug-likeness (QED) is 0.810. The number of hydrogen-bond donors (Lipinski definition) is 1. The van der Waals surface area contributed by atoms with Crippen LogP contribution in [0.5, 0.6) is 0 Å². The van der Waals surface area contributed by atoms with Crippen LogP contribution in [0.1, 0.15) is 32.8 Å². The summed E-state index contributed by atoms with van der Waals surface area (Å²) in [7, 11) is 0. The van der Waals surface area contributed by atoms with Crippen LogP contribution < -0.4 is 5.32 Å². The summed E-state index contributed by atoms with van der Waals surface area (Å²) in [4.78, 5) is 14.2. The van der Waals surface area contributed by atoms with Crippen LogP contribution >= 0.6 is 0 Å². The summed E-state index contributed by atoms with van der Waals surface area (Å²) >= 11 is 0. The molecule has 1 atom stereocenters. The second-order valence-electron chi connectivity index (χ2n) is 5.63. The van der Waals surface area contributed by atoms with Crippen molar-refractivity contribution >= 4 is 6.03 Å². The molecule has 2 amide bonds. The largest absolute Gasteiger partial charge is 0.335 e. The molecule has 0 aromatic carbocycles. The number of urea groups is 1. The first-order chi connectivity index (χ1) is 11.1. The van der Waals surface area contributed by atoms with Crippen LogP contribution in [0.3, 0.4) is 0 Å². The summed E-state index contributed by atoms with van der Waals surface area (Å²) in [6, 6.07) is 1.96. The van der Waals surface area contributed by atoms with Crippen molar-refractivity contribution in [3.8, 4) is 0 Å². The Balaban J connectivity index is 1.81. The molecule has 2 rings (SSSR count). The molecule has 0 saturated carbocycles. The Hall–Kier alpha value is -2.31. The smallest absolute Gasteiger partial charge is 0.317 e. The molecule has 2 aromatic rings. The first-order valence-electron chi connectivity index (χ1n) is 8.16. The first-order valence-corrected chi connectivity index (χ1v) is 8.16. The SMILES string of the molecule is CCN(Cc1cnn(CC)c1)C(=O)N[C@@H](C)CCn1cccn1. The van der Waals surface area contributed by atoms with Crippen LogP contribution in [0.25, 0.3) is 0 Å². The van der Waals surface area contributed by atoms with Gasteiger partial charge in [-0.15, -0.1) is 0 Å². The number of nitrogens with one attached hydrogen (secondary N) is 1. The molecule has 0 aliphatic heterocycles. The van der Waals surface area contributed by atoms with Gasteiger partial charge in [0.1, 0.15) is 0 Å². The van der Waals surface area contributed by atoms with Gasteiger partial charge in [0.15, 0.2) is 0 Å². The number of aryl methyl sites for hydroxylation is 2. The summed E-state index contributed by atoms with van der Waals surface area (Å²) in [5.74, 6) is 0. The highest BCUT2D eigenvalue weighted by Gasteiger charge is 2.15. The maximum Gasteiger partial charge on any atom is 0.317 e. The van der Waals surface area contributed by atoms with Gasteiger partial charge in [0.05, 0.1) is 12.7 Å². The fourth-order valence-electron chi connectivity index (χ4n) is 2.34. The van der Waals surface area contributed by atoms with Gasteiger partial charge in [-0.3, -0.25) is 9.36 Å². The van der Waals surface area contributed by atoms with E-state index in [1.807, 2.05) is 54.8 Å². The van der Waals surface area contributed by atoms with Gasteiger partial charge in [-0.25, -0.2) is 4.79 Å². The van der Waals surface area contributed by atoms with E-state index in [1.165, 1.54) is 0 Å². The van der Waals surface area contributed by atoms with Crippen molar-refractivity contribution in [3.05, 3.63) is 36.4 Å². The molecular weight excluding hydrogens is 292 g/mol. The summed E-state index contributed by atoms with van der Waals surface area (Å²) < 4.78 is 3.74. The molecular formula is C16H26N6O. The fourth-order valence-corrected chi connectivity index (χ4v) is 2.34. The summed E-state index contributed by atoms with van der Waals surface area (Å²) in [6.07, 6.45) is 8.34. The van der Waals surface area contributed by atoms with E-state index >= 15 is 0 Å². The lowest BCUT2D eigenvalue weighted by Crippen LogP contribution is -2.43. The molecule has 23 heavy (non-hydrogen) atoms. The van der Waals surface area contributed by atoms with Gasteiger partial charge in [0.25, 0.3) is 0 Å². The van der Waals surface area contributed by atoms with Crippen LogP contribution in [0.4, 0.5) is 4.79 Å². The molecule has 7 nitrogen and oxygen atoms in total. The third kappa shape index (κ3) is 5.12. The molecule has 1 N–H and O–H groups in total. The Bertz CT molecular complexity index is 591. The summed E-state index contributed by atoms with van der Waals surface area (Å²) in [5.41, 5.74) is 1.05. The van der Waals surface area contributed by atoms with Crippen molar-refractivity contribution in [1.82, 2.24) is 29.8 Å². The predicted molar refractivity (Wildman–Crippen MR) is 88.8 cm³/mol. The number of nitrogens with zero attached hydrogens (tertiary/aromatic N) is 5. The van der Waals surface area contributed by atoms with Crippen LogP contribution in [-0.2, 0) is 19.6 Å². The minimum Gasteiger partial charge on any atom is -0.335 e. The highest BCUT2D eigenvalue weighted by molar-refractivity contribution is 5.74. The van der Waals surface area contributed by atoms with Gasteiger partial charge >= 0.3 is 6.03 Å². The average Bonchev–Trinajstić information content (AvgIpc) is 3.21. The lowest BCUT2D eigenvalue weighted by atomic mass is 10.2. The molecule has 0 bridgehead atoms. The number of carbonyl (C=O) groups excluding carboxylic acids is 1. The number of amides is 2. The zero-order chi connectivity index (χ0) is 16.7. The molecule has 2 aromatic heterocycles. The molecule has 0 radical (unpaired) electrons. The minimum atomic E-state index is -0.0373. The Morgan fingerprint density at radius 2 is 2.17 bits per heavy atom. The van der Waals surface area contributed by atoms with Gasteiger partial charge in [-0.05, 0) is 33.3 Å². The Morgan fingerprint density at radius 1 is 1.35 bits per heavy atom. The maximum atomic E-state index is 12.4. The number of hydrogen-bond acceptors (Lipinski definition) is 3. The van der Waals surface area contributed by atoms with E-state index in [9.17, 15) is 4.79 Å². The molecule has 0 unspecified atom stereocenters. The zero-order valence-electron chi connectivity index (χ0n) is 14.1. The Morgan fingerprint density at radius 3 is 2.78 bits per heavy atom. The van der Waals surface area contributed by atoms with Gasteiger partial charge in [-0.1, -0.05) is 0 Å². The van der Waals surface area contributed by atoms with E-state index in [-0.39, 0.29) is 12.1 Å². The highest BCUT2D eigenvalue weighted by Crippen LogP contribution is 2.05. The lowest BCUT2D eigenvalue weighted by molar-refractivity contribution is 0.193. The number of aromatic nitrogens is 4. The lowest BCUT2D eigenvalue weighted by Gasteiger charge is -2.23. The number of rotatable bonds is 8. The third-order valence-electron chi connectivity index (χ3n) is 3.77. The minimum absolute atomic E-state index is 0.0373. The number of carbonyl (C=O) groups is 1.